The molecule has 3 nitrogen and oxygen atoms in total. The Labute approximate surface area is 114 Å². The summed E-state index contributed by atoms with van der Waals surface area (Å²) in [6, 6.07) is 5.68. The van der Waals surface area contributed by atoms with Crippen molar-refractivity contribution in [3.05, 3.63) is 29.3 Å². The van der Waals surface area contributed by atoms with E-state index in [1.54, 1.807) is 0 Å². The molecule has 1 saturated heterocycles. The van der Waals surface area contributed by atoms with Crippen LogP contribution in [0.25, 0.3) is 0 Å². The van der Waals surface area contributed by atoms with Crippen LogP contribution in [0.5, 0.6) is 0 Å². The highest BCUT2D eigenvalue weighted by Crippen LogP contribution is 2.24. The molecule has 1 aliphatic rings. The summed E-state index contributed by atoms with van der Waals surface area (Å²) in [5.41, 5.74) is 1.46. The molecule has 1 aromatic rings. The van der Waals surface area contributed by atoms with Crippen LogP contribution in [0.1, 0.15) is 29.8 Å². The molecule has 0 aromatic heterocycles. The van der Waals surface area contributed by atoms with Crippen LogP contribution in [-0.2, 0) is 4.74 Å². The molecular weight excluding hydrogens is 246 g/mol. The maximum atomic E-state index is 12.6. The van der Waals surface area contributed by atoms with E-state index in [1.165, 1.54) is 0 Å². The smallest absolute Gasteiger partial charge is 0.254 e. The number of hydrogen-bond acceptors (Lipinski definition) is 3. The average Bonchev–Trinajstić information content (AvgIpc) is 2.31. The van der Waals surface area contributed by atoms with E-state index in [9.17, 15) is 4.79 Å². The molecule has 98 valence electrons. The number of benzene rings is 1. The van der Waals surface area contributed by atoms with Crippen molar-refractivity contribution in [2.75, 3.05) is 19.8 Å². The third-order valence-corrected chi connectivity index (χ3v) is 3.62. The van der Waals surface area contributed by atoms with Crippen molar-refractivity contribution in [2.24, 2.45) is 0 Å². The molecule has 0 radical (unpaired) electrons. The highest BCUT2D eigenvalue weighted by Gasteiger charge is 2.34. The van der Waals surface area contributed by atoms with E-state index in [0.29, 0.717) is 19.8 Å². The first-order valence-electron chi connectivity index (χ1n) is 6.11. The number of hydrogen-bond donors (Lipinski definition) is 1. The summed E-state index contributed by atoms with van der Waals surface area (Å²) < 4.78 is 5.45. The van der Waals surface area contributed by atoms with Crippen LogP contribution < -0.4 is 0 Å². The van der Waals surface area contributed by atoms with Crippen LogP contribution in [0.4, 0.5) is 0 Å². The van der Waals surface area contributed by atoms with E-state index in [0.717, 1.165) is 16.0 Å². The minimum absolute atomic E-state index is 0.0664. The van der Waals surface area contributed by atoms with Gasteiger partial charge in [-0.3, -0.25) is 4.79 Å². The second kappa shape index (κ2) is 4.94. The van der Waals surface area contributed by atoms with Gasteiger partial charge in [0.2, 0.25) is 0 Å². The van der Waals surface area contributed by atoms with Gasteiger partial charge in [-0.05, 0) is 38.5 Å². The zero-order valence-corrected chi connectivity index (χ0v) is 12.0. The van der Waals surface area contributed by atoms with Crippen LogP contribution in [0, 0.1) is 6.92 Å². The summed E-state index contributed by atoms with van der Waals surface area (Å²) in [6.07, 6.45) is 0. The Morgan fingerprint density at radius 3 is 2.83 bits per heavy atom. The van der Waals surface area contributed by atoms with Crippen molar-refractivity contribution in [2.45, 2.75) is 31.2 Å². The van der Waals surface area contributed by atoms with E-state index in [2.05, 4.69) is 12.6 Å². The fourth-order valence-corrected chi connectivity index (χ4v) is 2.42. The fourth-order valence-electron chi connectivity index (χ4n) is 2.22. The zero-order valence-electron chi connectivity index (χ0n) is 11.1. The van der Waals surface area contributed by atoms with E-state index >= 15 is 0 Å². The van der Waals surface area contributed by atoms with Gasteiger partial charge < -0.3 is 9.64 Å². The van der Waals surface area contributed by atoms with Crippen molar-refractivity contribution in [1.82, 2.24) is 4.90 Å². The third kappa shape index (κ3) is 2.54. The van der Waals surface area contributed by atoms with Crippen molar-refractivity contribution in [1.29, 1.82) is 0 Å². The molecule has 4 heteroatoms. The molecule has 0 atom stereocenters. The van der Waals surface area contributed by atoms with Crippen LogP contribution in [-0.4, -0.2) is 36.1 Å². The first-order chi connectivity index (χ1) is 8.42. The molecule has 1 fully saturated rings. The normalized spacial score (nSPS) is 18.8. The lowest BCUT2D eigenvalue weighted by atomic mass is 9.99. The second-order valence-corrected chi connectivity index (χ2v) is 5.84. The standard InChI is InChI=1S/C14H19NO2S/c1-10-4-5-11(18)8-12(10)13(16)15-6-7-17-9-14(15,2)3/h4-5,8,18H,6-7,9H2,1-3H3. The summed E-state index contributed by atoms with van der Waals surface area (Å²) in [4.78, 5) is 15.3. The number of thiol groups is 1. The number of carbonyl (C=O) groups excluding carboxylic acids is 1. The molecule has 2 rings (SSSR count). The predicted molar refractivity (Wildman–Crippen MR) is 74.4 cm³/mol. The number of aryl methyl sites for hydroxylation is 1. The number of morpholine rings is 1. The van der Waals surface area contributed by atoms with Crippen molar-refractivity contribution in [3.8, 4) is 0 Å². The van der Waals surface area contributed by atoms with Gasteiger partial charge >= 0.3 is 0 Å². The Balaban J connectivity index is 2.33. The minimum Gasteiger partial charge on any atom is -0.377 e. The molecule has 0 saturated carbocycles. The maximum Gasteiger partial charge on any atom is 0.254 e. The van der Waals surface area contributed by atoms with Crippen molar-refractivity contribution in [3.63, 3.8) is 0 Å². The Hall–Kier alpha value is -1.00. The van der Waals surface area contributed by atoms with Crippen LogP contribution >= 0.6 is 12.6 Å². The van der Waals surface area contributed by atoms with Crippen LogP contribution in [0.3, 0.4) is 0 Å². The van der Waals surface area contributed by atoms with Gasteiger partial charge in [-0.2, -0.15) is 0 Å². The number of nitrogens with zero attached hydrogens (tertiary/aromatic N) is 1. The van der Waals surface area contributed by atoms with Gasteiger partial charge in [0.15, 0.2) is 0 Å². The lowest BCUT2D eigenvalue weighted by Gasteiger charge is -2.42. The molecule has 0 N–H and O–H groups in total. The Bertz CT molecular complexity index is 471. The van der Waals surface area contributed by atoms with Crippen LogP contribution in [0.2, 0.25) is 0 Å². The van der Waals surface area contributed by atoms with Crippen molar-refractivity contribution >= 4 is 18.5 Å². The number of carbonyl (C=O) groups is 1. The Kier molecular flexibility index (Phi) is 3.69. The van der Waals surface area contributed by atoms with Crippen molar-refractivity contribution < 1.29 is 9.53 Å². The monoisotopic (exact) mass is 265 g/mol. The minimum atomic E-state index is -0.256. The van der Waals surface area contributed by atoms with E-state index in [-0.39, 0.29) is 11.4 Å². The molecule has 1 aliphatic heterocycles. The summed E-state index contributed by atoms with van der Waals surface area (Å²) in [5, 5.41) is 0. The summed E-state index contributed by atoms with van der Waals surface area (Å²) in [6.45, 7) is 7.84. The topological polar surface area (TPSA) is 29.5 Å². The lowest BCUT2D eigenvalue weighted by Crippen LogP contribution is -2.55. The van der Waals surface area contributed by atoms with Gasteiger partial charge in [-0.25, -0.2) is 0 Å². The quantitative estimate of drug-likeness (QED) is 0.791. The van der Waals surface area contributed by atoms with Gasteiger partial charge in [0.1, 0.15) is 0 Å². The van der Waals surface area contributed by atoms with Gasteiger partial charge in [-0.1, -0.05) is 6.07 Å². The molecule has 18 heavy (non-hydrogen) atoms. The van der Waals surface area contributed by atoms with Crippen LogP contribution in [0.15, 0.2) is 23.1 Å². The zero-order chi connectivity index (χ0) is 13.3. The average molecular weight is 265 g/mol. The highest BCUT2D eigenvalue weighted by molar-refractivity contribution is 7.80. The highest BCUT2D eigenvalue weighted by atomic mass is 32.1. The van der Waals surface area contributed by atoms with E-state index < -0.39 is 0 Å². The Morgan fingerprint density at radius 1 is 1.44 bits per heavy atom. The van der Waals surface area contributed by atoms with E-state index in [1.807, 2.05) is 43.9 Å². The third-order valence-electron chi connectivity index (χ3n) is 3.34. The van der Waals surface area contributed by atoms with Gasteiger partial charge in [0.25, 0.3) is 5.91 Å². The lowest BCUT2D eigenvalue weighted by molar-refractivity contribution is -0.0371. The SMILES string of the molecule is Cc1ccc(S)cc1C(=O)N1CCOCC1(C)C. The molecule has 1 aromatic carbocycles. The maximum absolute atomic E-state index is 12.6. The Morgan fingerprint density at radius 2 is 2.17 bits per heavy atom. The fraction of sp³-hybridized carbons (Fsp3) is 0.500. The second-order valence-electron chi connectivity index (χ2n) is 5.32. The molecular formula is C14H19NO2S. The molecule has 0 aliphatic carbocycles. The molecule has 1 amide bonds. The molecule has 1 heterocycles. The van der Waals surface area contributed by atoms with E-state index in [4.69, 9.17) is 4.74 Å². The summed E-state index contributed by atoms with van der Waals surface area (Å²) in [5.74, 6) is 0.0664. The van der Waals surface area contributed by atoms with Gasteiger partial charge in [0.05, 0.1) is 18.8 Å². The summed E-state index contributed by atoms with van der Waals surface area (Å²) in [7, 11) is 0. The predicted octanol–water partition coefficient (Wildman–Crippen LogP) is 2.53. The largest absolute Gasteiger partial charge is 0.377 e. The first kappa shape index (κ1) is 13.4. The number of amides is 1. The number of rotatable bonds is 1. The first-order valence-corrected chi connectivity index (χ1v) is 6.56. The molecule has 0 bridgehead atoms. The number of ether oxygens (including phenoxy) is 1. The van der Waals surface area contributed by atoms with Gasteiger partial charge in [0, 0.05) is 17.0 Å². The van der Waals surface area contributed by atoms with Gasteiger partial charge in [-0.15, -0.1) is 12.6 Å². The molecule has 0 spiro atoms. The molecule has 0 unspecified atom stereocenters. The summed E-state index contributed by atoms with van der Waals surface area (Å²) >= 11 is 4.31.